The van der Waals surface area contributed by atoms with Crippen molar-refractivity contribution in [2.45, 2.75) is 80.1 Å². The van der Waals surface area contributed by atoms with Gasteiger partial charge in [0.15, 0.2) is 0 Å². The van der Waals surface area contributed by atoms with Crippen LogP contribution in [-0.4, -0.2) is 41.9 Å². The van der Waals surface area contributed by atoms with Gasteiger partial charge >= 0.3 is 0 Å². The summed E-state index contributed by atoms with van der Waals surface area (Å²) in [6, 6.07) is 6.58. The normalized spacial score (nSPS) is 23.7. The number of likely N-dealkylation sites (tertiary alicyclic amines) is 1. The first-order chi connectivity index (χ1) is 18.4. The maximum atomic E-state index is 13.4. The van der Waals surface area contributed by atoms with Gasteiger partial charge in [-0.3, -0.25) is 0 Å². The molecule has 1 N–H and O–H groups in total. The molecule has 2 heterocycles. The van der Waals surface area contributed by atoms with Gasteiger partial charge in [-0.15, -0.1) is 0 Å². The summed E-state index contributed by atoms with van der Waals surface area (Å²) in [5.74, 6) is 0.413. The molecule has 0 bridgehead atoms. The molecule has 0 radical (unpaired) electrons. The second kappa shape index (κ2) is 17.0. The highest BCUT2D eigenvalue weighted by Crippen LogP contribution is 2.45. The molecular formula is C33H52FN3S. The summed E-state index contributed by atoms with van der Waals surface area (Å²) in [6.07, 6.45) is 15.8. The highest BCUT2D eigenvalue weighted by atomic mass is 32.2. The van der Waals surface area contributed by atoms with Crippen LogP contribution in [0.1, 0.15) is 80.1 Å². The maximum absolute atomic E-state index is 13.4. The summed E-state index contributed by atoms with van der Waals surface area (Å²) >= 11 is 1.94. The van der Waals surface area contributed by atoms with Crippen LogP contribution in [-0.2, 0) is 0 Å². The largest absolute Gasteiger partial charge is 0.356 e. The predicted molar refractivity (Wildman–Crippen MR) is 168 cm³/mol. The number of benzene rings is 1. The minimum Gasteiger partial charge on any atom is -0.356 e. The van der Waals surface area contributed by atoms with Gasteiger partial charge in [0.05, 0.1) is 0 Å². The molecule has 0 spiro atoms. The SMILES string of the molecule is C=C/C(Nc1ccc(F)cc1)=C(/C)CC1(CN2CCCC2)CN(SC(/C=C\CC)=C/CC)CCC1C.CC. The maximum Gasteiger partial charge on any atom is 0.123 e. The van der Waals surface area contributed by atoms with E-state index >= 15 is 0 Å². The topological polar surface area (TPSA) is 18.5 Å². The number of hydrogen-bond donors (Lipinski definition) is 1. The second-order valence-electron chi connectivity index (χ2n) is 10.5. The monoisotopic (exact) mass is 541 g/mol. The van der Waals surface area contributed by atoms with Gasteiger partial charge in [-0.2, -0.15) is 0 Å². The third-order valence-corrected chi connectivity index (χ3v) is 8.73. The van der Waals surface area contributed by atoms with E-state index in [0.717, 1.165) is 50.3 Å². The molecule has 2 unspecified atom stereocenters. The molecular weight excluding hydrogens is 489 g/mol. The average Bonchev–Trinajstić information content (AvgIpc) is 3.43. The van der Waals surface area contributed by atoms with Gasteiger partial charge < -0.3 is 10.2 Å². The summed E-state index contributed by atoms with van der Waals surface area (Å²) < 4.78 is 16.0. The van der Waals surface area contributed by atoms with Crippen molar-refractivity contribution in [3.63, 3.8) is 0 Å². The molecule has 2 saturated heterocycles. The predicted octanol–water partition coefficient (Wildman–Crippen LogP) is 9.45. The number of nitrogens with zero attached hydrogens (tertiary/aromatic N) is 2. The van der Waals surface area contributed by atoms with E-state index in [0.29, 0.717) is 5.92 Å². The molecule has 2 fully saturated rings. The lowest BCUT2D eigenvalue weighted by Crippen LogP contribution is -2.51. The van der Waals surface area contributed by atoms with Gasteiger partial charge in [-0.05, 0) is 112 Å². The van der Waals surface area contributed by atoms with E-state index in [9.17, 15) is 4.39 Å². The standard InChI is InChI=1S/C31H46FN3S.C2H6/c1-6-9-13-29(12-7-2)36-35-21-18-26(5)31(24-35,23-34-19-10-11-20-34)22-25(4)30(8-3)33-28-16-14-27(32)15-17-28;1-2/h8-9,12-17,26,33H,3,6-7,10-11,18-24H2,1-2,4-5H3;1-2H3/b13-9-,29-12+,30-25+;. The van der Waals surface area contributed by atoms with E-state index in [1.807, 2.05) is 31.9 Å². The molecule has 5 heteroatoms. The quantitative estimate of drug-likeness (QED) is 0.210. The minimum atomic E-state index is -0.218. The lowest BCUT2D eigenvalue weighted by molar-refractivity contribution is 0.0455. The zero-order valence-electron chi connectivity index (χ0n) is 24.9. The smallest absolute Gasteiger partial charge is 0.123 e. The molecule has 2 aliphatic rings. The average molecular weight is 542 g/mol. The van der Waals surface area contributed by atoms with Crippen molar-refractivity contribution in [3.05, 3.63) is 77.1 Å². The Morgan fingerprint density at radius 3 is 2.42 bits per heavy atom. The molecule has 2 aliphatic heterocycles. The molecule has 1 aromatic rings. The van der Waals surface area contributed by atoms with Crippen LogP contribution in [0.4, 0.5) is 10.1 Å². The third-order valence-electron chi connectivity index (χ3n) is 7.65. The van der Waals surface area contributed by atoms with E-state index in [2.05, 4.69) is 67.0 Å². The summed E-state index contributed by atoms with van der Waals surface area (Å²) in [4.78, 5) is 4.06. The van der Waals surface area contributed by atoms with Crippen LogP contribution in [0.2, 0.25) is 0 Å². The first-order valence-electron chi connectivity index (χ1n) is 14.8. The summed E-state index contributed by atoms with van der Waals surface area (Å²) in [7, 11) is 0. The lowest BCUT2D eigenvalue weighted by atomic mass is 9.68. The van der Waals surface area contributed by atoms with Crippen LogP contribution in [0.5, 0.6) is 0 Å². The van der Waals surface area contributed by atoms with Crippen molar-refractivity contribution < 1.29 is 4.39 Å². The number of rotatable bonds is 12. The van der Waals surface area contributed by atoms with Crippen molar-refractivity contribution >= 4 is 17.6 Å². The number of piperidine rings is 1. The first-order valence-corrected chi connectivity index (χ1v) is 15.5. The summed E-state index contributed by atoms with van der Waals surface area (Å²) in [5.41, 5.74) is 3.42. The number of halogens is 1. The molecule has 0 aromatic heterocycles. The van der Waals surface area contributed by atoms with Crippen molar-refractivity contribution in [1.29, 1.82) is 0 Å². The minimum absolute atomic E-state index is 0.171. The zero-order valence-corrected chi connectivity index (χ0v) is 25.7. The summed E-state index contributed by atoms with van der Waals surface area (Å²) in [5, 5.41) is 3.50. The highest BCUT2D eigenvalue weighted by Gasteiger charge is 2.43. The fourth-order valence-corrected chi connectivity index (χ4v) is 6.76. The van der Waals surface area contributed by atoms with Crippen LogP contribution >= 0.6 is 11.9 Å². The Morgan fingerprint density at radius 2 is 1.82 bits per heavy atom. The van der Waals surface area contributed by atoms with Gasteiger partial charge in [0.2, 0.25) is 0 Å². The fraction of sp³-hybridized carbons (Fsp3) is 0.576. The number of allylic oxidation sites excluding steroid dienone is 5. The van der Waals surface area contributed by atoms with Crippen LogP contribution in [0.3, 0.4) is 0 Å². The van der Waals surface area contributed by atoms with Gasteiger partial charge in [0.25, 0.3) is 0 Å². The third kappa shape index (κ3) is 9.73. The summed E-state index contributed by atoms with van der Waals surface area (Å²) in [6.45, 7) is 23.0. The van der Waals surface area contributed by atoms with Crippen LogP contribution in [0, 0.1) is 17.2 Å². The number of nitrogens with one attached hydrogen (secondary N) is 1. The Kier molecular flexibility index (Phi) is 14.5. The molecule has 0 amide bonds. The first kappa shape index (κ1) is 32.4. The van der Waals surface area contributed by atoms with Crippen LogP contribution in [0.15, 0.2) is 71.3 Å². The van der Waals surface area contributed by atoms with Crippen molar-refractivity contribution in [3.8, 4) is 0 Å². The van der Waals surface area contributed by atoms with Crippen molar-refractivity contribution in [2.24, 2.45) is 11.3 Å². The van der Waals surface area contributed by atoms with E-state index in [-0.39, 0.29) is 11.2 Å². The molecule has 212 valence electrons. The second-order valence-corrected chi connectivity index (χ2v) is 11.7. The Bertz CT molecular complexity index is 930. The molecule has 0 saturated carbocycles. The molecule has 38 heavy (non-hydrogen) atoms. The van der Waals surface area contributed by atoms with Crippen LogP contribution < -0.4 is 5.32 Å². The molecule has 2 atom stereocenters. The van der Waals surface area contributed by atoms with Gasteiger partial charge in [-0.25, -0.2) is 8.70 Å². The Balaban J connectivity index is 0.00000247. The molecule has 1 aromatic carbocycles. The Hall–Kier alpha value is -1.82. The number of hydrogen-bond acceptors (Lipinski definition) is 4. The van der Waals surface area contributed by atoms with Gasteiger partial charge in [0, 0.05) is 41.3 Å². The van der Waals surface area contributed by atoms with Gasteiger partial charge in [-0.1, -0.05) is 59.4 Å². The van der Waals surface area contributed by atoms with Gasteiger partial charge in [0.1, 0.15) is 5.82 Å². The van der Waals surface area contributed by atoms with Crippen LogP contribution in [0.25, 0.3) is 0 Å². The fourth-order valence-electron chi connectivity index (χ4n) is 5.55. The van der Waals surface area contributed by atoms with E-state index in [4.69, 9.17) is 0 Å². The lowest BCUT2D eigenvalue weighted by Gasteiger charge is -2.49. The molecule has 3 nitrogen and oxygen atoms in total. The highest BCUT2D eigenvalue weighted by molar-refractivity contribution is 8.01. The molecule has 0 aliphatic carbocycles. The van der Waals surface area contributed by atoms with Crippen molar-refractivity contribution in [2.75, 3.05) is 38.0 Å². The molecule has 3 rings (SSSR count). The van der Waals surface area contributed by atoms with E-state index in [1.165, 1.54) is 55.0 Å². The zero-order chi connectivity index (χ0) is 28.0. The number of anilines is 1. The Morgan fingerprint density at radius 1 is 1.13 bits per heavy atom. The van der Waals surface area contributed by atoms with E-state index in [1.54, 1.807) is 12.1 Å². The van der Waals surface area contributed by atoms with E-state index < -0.39 is 0 Å². The van der Waals surface area contributed by atoms with Crippen molar-refractivity contribution in [1.82, 2.24) is 9.21 Å². The Labute approximate surface area is 237 Å².